The molecule has 27 heavy (non-hydrogen) atoms. The normalized spacial score (nSPS) is 16.9. The van der Waals surface area contributed by atoms with Gasteiger partial charge in [0.2, 0.25) is 0 Å². The Balaban J connectivity index is 1.90. The number of benzene rings is 2. The lowest BCUT2D eigenvalue weighted by molar-refractivity contribution is -0.123. The van der Waals surface area contributed by atoms with Gasteiger partial charge in [-0.05, 0) is 29.8 Å². The average molecular weight is 398 g/mol. The zero-order valence-corrected chi connectivity index (χ0v) is 15.1. The van der Waals surface area contributed by atoms with Crippen molar-refractivity contribution in [2.24, 2.45) is 0 Å². The van der Waals surface area contributed by atoms with Crippen LogP contribution < -0.4 is 9.62 Å². The summed E-state index contributed by atoms with van der Waals surface area (Å²) in [5, 5.41) is 1.74. The molecule has 0 spiro atoms. The molecule has 144 valence electrons. The largest absolute Gasteiger partial charge is 0.405 e. The molecule has 2 aromatic carbocycles. The molecule has 0 aromatic heterocycles. The maximum Gasteiger partial charge on any atom is 0.405 e. The van der Waals surface area contributed by atoms with Gasteiger partial charge in [-0.2, -0.15) is 13.2 Å². The molecular formula is C18H17F3N2O3S. The molecule has 5 nitrogen and oxygen atoms in total. The van der Waals surface area contributed by atoms with Crippen molar-refractivity contribution in [1.82, 2.24) is 5.32 Å². The molecule has 0 radical (unpaired) electrons. The van der Waals surface area contributed by atoms with Gasteiger partial charge in [0.1, 0.15) is 6.54 Å². The molecule has 9 heteroatoms. The molecule has 0 saturated carbocycles. The van der Waals surface area contributed by atoms with Crippen LogP contribution >= 0.6 is 0 Å². The second-order valence-corrected chi connectivity index (χ2v) is 8.18. The van der Waals surface area contributed by atoms with Gasteiger partial charge >= 0.3 is 6.18 Å². The summed E-state index contributed by atoms with van der Waals surface area (Å²) in [5.41, 5.74) is 1.32. The van der Waals surface area contributed by atoms with E-state index in [9.17, 15) is 26.4 Å². The SMILES string of the molecule is CC1CN(S(=O)(=O)c2cccc(C(=O)NCC(F)(F)F)c2)c2ccccc21. The molecule has 2 aromatic rings. The quantitative estimate of drug-likeness (QED) is 0.860. The Bertz CT molecular complexity index is 974. The average Bonchev–Trinajstić information content (AvgIpc) is 2.97. The summed E-state index contributed by atoms with van der Waals surface area (Å²) in [6.45, 7) is 0.682. The zero-order valence-electron chi connectivity index (χ0n) is 14.3. The first-order valence-corrected chi connectivity index (χ1v) is 9.60. The highest BCUT2D eigenvalue weighted by molar-refractivity contribution is 7.92. The summed E-state index contributed by atoms with van der Waals surface area (Å²) < 4.78 is 64.2. The lowest BCUT2D eigenvalue weighted by Gasteiger charge is -2.20. The molecule has 0 fully saturated rings. The fraction of sp³-hybridized carbons (Fsp3) is 0.278. The van der Waals surface area contributed by atoms with Crippen LogP contribution in [0.5, 0.6) is 0 Å². The number of carbonyl (C=O) groups excluding carboxylic acids is 1. The first-order chi connectivity index (χ1) is 12.6. The van der Waals surface area contributed by atoms with E-state index in [-0.39, 0.29) is 22.9 Å². The maximum absolute atomic E-state index is 13.0. The van der Waals surface area contributed by atoms with Crippen molar-refractivity contribution in [2.45, 2.75) is 23.9 Å². The number of rotatable bonds is 4. The number of carbonyl (C=O) groups is 1. The Kier molecular flexibility index (Phi) is 4.90. The molecule has 3 rings (SSSR count). The minimum Gasteiger partial charge on any atom is -0.343 e. The summed E-state index contributed by atoms with van der Waals surface area (Å²) in [7, 11) is -3.95. The number of hydrogen-bond acceptors (Lipinski definition) is 3. The van der Waals surface area contributed by atoms with Crippen molar-refractivity contribution in [3.63, 3.8) is 0 Å². The van der Waals surface area contributed by atoms with E-state index in [4.69, 9.17) is 0 Å². The summed E-state index contributed by atoms with van der Waals surface area (Å²) in [4.78, 5) is 11.8. The number of nitrogens with one attached hydrogen (secondary N) is 1. The van der Waals surface area contributed by atoms with Crippen molar-refractivity contribution < 1.29 is 26.4 Å². The fourth-order valence-electron chi connectivity index (χ4n) is 3.01. The second-order valence-electron chi connectivity index (χ2n) is 6.32. The molecule has 1 aliphatic rings. The monoisotopic (exact) mass is 398 g/mol. The van der Waals surface area contributed by atoms with E-state index in [1.54, 1.807) is 17.4 Å². The molecule has 1 amide bonds. The molecule has 0 saturated heterocycles. The number of sulfonamides is 1. The summed E-state index contributed by atoms with van der Waals surface area (Å²) >= 11 is 0. The van der Waals surface area contributed by atoms with Crippen LogP contribution in [-0.4, -0.2) is 33.6 Å². The maximum atomic E-state index is 13.0. The van der Waals surface area contributed by atoms with Gasteiger partial charge in [0.25, 0.3) is 15.9 Å². The van der Waals surface area contributed by atoms with Gasteiger partial charge in [-0.1, -0.05) is 31.2 Å². The van der Waals surface area contributed by atoms with Crippen molar-refractivity contribution in [2.75, 3.05) is 17.4 Å². The van der Waals surface area contributed by atoms with E-state index >= 15 is 0 Å². The van der Waals surface area contributed by atoms with E-state index in [1.807, 2.05) is 19.1 Å². The molecule has 0 aliphatic carbocycles. The highest BCUT2D eigenvalue weighted by atomic mass is 32.2. The van der Waals surface area contributed by atoms with Gasteiger partial charge in [0, 0.05) is 18.0 Å². The summed E-state index contributed by atoms with van der Waals surface area (Å²) in [5.74, 6) is -0.978. The van der Waals surface area contributed by atoms with Crippen molar-refractivity contribution in [3.05, 3.63) is 59.7 Å². The Labute approximate surface area is 154 Å². The fourth-order valence-corrected chi connectivity index (χ4v) is 4.64. The van der Waals surface area contributed by atoms with Crippen LogP contribution in [0.2, 0.25) is 0 Å². The number of para-hydroxylation sites is 1. The van der Waals surface area contributed by atoms with Gasteiger partial charge in [-0.25, -0.2) is 8.42 Å². The molecule has 1 atom stereocenters. The van der Waals surface area contributed by atoms with Crippen LogP contribution in [0.1, 0.15) is 28.8 Å². The number of alkyl halides is 3. The number of amides is 1. The number of fused-ring (bicyclic) bond motifs is 1. The van der Waals surface area contributed by atoms with E-state index < -0.39 is 28.7 Å². The topological polar surface area (TPSA) is 66.5 Å². The summed E-state index contributed by atoms with van der Waals surface area (Å²) in [6, 6.07) is 12.1. The molecule has 1 aliphatic heterocycles. The van der Waals surface area contributed by atoms with Crippen molar-refractivity contribution >= 4 is 21.6 Å². The summed E-state index contributed by atoms with van der Waals surface area (Å²) in [6.07, 6.45) is -4.55. The third-order valence-corrected chi connectivity index (χ3v) is 6.09. The third kappa shape index (κ3) is 3.92. The smallest absolute Gasteiger partial charge is 0.343 e. The van der Waals surface area contributed by atoms with Crippen LogP contribution in [0.25, 0.3) is 0 Å². The minimum absolute atomic E-state index is 0.00856. The lowest BCUT2D eigenvalue weighted by Crippen LogP contribution is -2.34. The Morgan fingerprint density at radius 1 is 1.19 bits per heavy atom. The van der Waals surface area contributed by atoms with Gasteiger partial charge in [-0.15, -0.1) is 0 Å². The number of halogens is 3. The first kappa shape index (κ1) is 19.2. The number of hydrogen-bond donors (Lipinski definition) is 1. The highest BCUT2D eigenvalue weighted by Crippen LogP contribution is 2.39. The van der Waals surface area contributed by atoms with E-state index in [0.717, 1.165) is 11.6 Å². The standard InChI is InChI=1S/C18H17F3N2O3S/c1-12-10-23(16-8-3-2-7-15(12)16)27(25,26)14-6-4-5-13(9-14)17(24)22-11-18(19,20)21/h2-9,12H,10-11H2,1H3,(H,22,24). The zero-order chi connectivity index (χ0) is 19.8. The van der Waals surface area contributed by atoms with Gasteiger partial charge in [-0.3, -0.25) is 9.10 Å². The predicted molar refractivity (Wildman–Crippen MR) is 94.2 cm³/mol. The van der Waals surface area contributed by atoms with Crippen LogP contribution in [-0.2, 0) is 10.0 Å². The van der Waals surface area contributed by atoms with Crippen LogP contribution in [0.3, 0.4) is 0 Å². The van der Waals surface area contributed by atoms with Gasteiger partial charge in [0.15, 0.2) is 0 Å². The van der Waals surface area contributed by atoms with Gasteiger partial charge in [0.05, 0.1) is 10.6 Å². The van der Waals surface area contributed by atoms with Crippen molar-refractivity contribution in [1.29, 1.82) is 0 Å². The van der Waals surface area contributed by atoms with Crippen molar-refractivity contribution in [3.8, 4) is 0 Å². The second kappa shape index (κ2) is 6.88. The van der Waals surface area contributed by atoms with Gasteiger partial charge < -0.3 is 5.32 Å². The first-order valence-electron chi connectivity index (χ1n) is 8.16. The highest BCUT2D eigenvalue weighted by Gasteiger charge is 2.34. The van der Waals surface area contributed by atoms with Crippen LogP contribution in [0.4, 0.5) is 18.9 Å². The Hall–Kier alpha value is -2.55. The molecule has 1 unspecified atom stereocenters. The molecular weight excluding hydrogens is 381 g/mol. The Morgan fingerprint density at radius 3 is 2.59 bits per heavy atom. The minimum atomic E-state index is -4.55. The molecule has 1 heterocycles. The molecule has 1 N–H and O–H groups in total. The number of anilines is 1. The van der Waals surface area contributed by atoms with Crippen LogP contribution in [0, 0.1) is 0 Å². The van der Waals surface area contributed by atoms with E-state index in [0.29, 0.717) is 5.69 Å². The number of nitrogens with zero attached hydrogens (tertiary/aromatic N) is 1. The van der Waals surface area contributed by atoms with E-state index in [2.05, 4.69) is 0 Å². The van der Waals surface area contributed by atoms with Crippen LogP contribution in [0.15, 0.2) is 53.4 Å². The third-order valence-electron chi connectivity index (χ3n) is 4.31. The van der Waals surface area contributed by atoms with E-state index in [1.165, 1.54) is 22.5 Å². The predicted octanol–water partition coefficient (Wildman–Crippen LogP) is 3.29. The Morgan fingerprint density at radius 2 is 1.89 bits per heavy atom. The molecule has 0 bridgehead atoms. The lowest BCUT2D eigenvalue weighted by atomic mass is 10.0.